The number of hydrogen-bond acceptors (Lipinski definition) is 3. The van der Waals surface area contributed by atoms with E-state index in [2.05, 4.69) is 15.6 Å². The van der Waals surface area contributed by atoms with Gasteiger partial charge in [-0.2, -0.15) is 0 Å². The Hall–Kier alpha value is -2.40. The molecule has 0 aliphatic rings. The van der Waals surface area contributed by atoms with Crippen LogP contribution in [0.1, 0.15) is 5.56 Å². The van der Waals surface area contributed by atoms with Crippen molar-refractivity contribution in [2.75, 3.05) is 0 Å². The van der Waals surface area contributed by atoms with Crippen molar-refractivity contribution >= 4 is 28.5 Å². The van der Waals surface area contributed by atoms with Gasteiger partial charge in [-0.3, -0.25) is 4.79 Å². The molecule has 1 N–H and O–H groups in total. The minimum Gasteiger partial charge on any atom is -0.350 e. The molecule has 1 aromatic heterocycles. The first-order valence-electron chi connectivity index (χ1n) is 6.52. The lowest BCUT2D eigenvalue weighted by molar-refractivity contribution is -0.121. The Morgan fingerprint density at radius 3 is 2.90 bits per heavy atom. The van der Waals surface area contributed by atoms with Gasteiger partial charge in [0, 0.05) is 11.6 Å². The van der Waals surface area contributed by atoms with Crippen molar-refractivity contribution in [1.82, 2.24) is 20.3 Å². The van der Waals surface area contributed by atoms with E-state index in [0.29, 0.717) is 11.6 Å². The van der Waals surface area contributed by atoms with E-state index < -0.39 is 0 Å². The second-order valence-corrected chi connectivity index (χ2v) is 5.08. The molecule has 0 bridgehead atoms. The molecular formula is C15H13ClN4O. The highest BCUT2D eigenvalue weighted by Crippen LogP contribution is 2.11. The number of carbonyl (C=O) groups excluding carboxylic acids is 1. The molecule has 1 amide bonds. The molecule has 5 nitrogen and oxygen atoms in total. The highest BCUT2D eigenvalue weighted by atomic mass is 35.5. The maximum atomic E-state index is 12.0. The van der Waals surface area contributed by atoms with Crippen molar-refractivity contribution in [2.45, 2.75) is 13.1 Å². The number of fused-ring (bicyclic) bond motifs is 1. The molecule has 0 spiro atoms. The third-order valence-electron chi connectivity index (χ3n) is 3.09. The van der Waals surface area contributed by atoms with Gasteiger partial charge < -0.3 is 5.32 Å². The van der Waals surface area contributed by atoms with Crippen LogP contribution in [-0.4, -0.2) is 20.9 Å². The predicted octanol–water partition coefficient (Wildman–Crippen LogP) is 2.40. The molecule has 0 radical (unpaired) electrons. The van der Waals surface area contributed by atoms with E-state index in [0.717, 1.165) is 16.6 Å². The van der Waals surface area contributed by atoms with Crippen LogP contribution in [0.5, 0.6) is 0 Å². The van der Waals surface area contributed by atoms with Crippen molar-refractivity contribution in [3.63, 3.8) is 0 Å². The molecule has 3 aromatic rings. The summed E-state index contributed by atoms with van der Waals surface area (Å²) in [6.45, 7) is 0.576. The molecule has 6 heteroatoms. The lowest BCUT2D eigenvalue weighted by atomic mass is 10.2. The highest BCUT2D eigenvalue weighted by Gasteiger charge is 2.08. The summed E-state index contributed by atoms with van der Waals surface area (Å²) in [5.74, 6) is -0.120. The molecule has 0 atom stereocenters. The second-order valence-electron chi connectivity index (χ2n) is 4.64. The maximum Gasteiger partial charge on any atom is 0.242 e. The van der Waals surface area contributed by atoms with E-state index in [1.54, 1.807) is 10.7 Å². The number of carbonyl (C=O) groups is 1. The largest absolute Gasteiger partial charge is 0.350 e. The Balaban J connectivity index is 1.64. The first-order chi connectivity index (χ1) is 10.2. The number of nitrogens with one attached hydrogen (secondary N) is 1. The monoisotopic (exact) mass is 300 g/mol. The molecule has 106 valence electrons. The molecule has 0 saturated carbocycles. The van der Waals surface area contributed by atoms with Crippen molar-refractivity contribution in [1.29, 1.82) is 0 Å². The number of hydrogen-bond donors (Lipinski definition) is 1. The molecule has 21 heavy (non-hydrogen) atoms. The van der Waals surface area contributed by atoms with E-state index in [4.69, 9.17) is 11.6 Å². The zero-order valence-electron chi connectivity index (χ0n) is 11.2. The van der Waals surface area contributed by atoms with Gasteiger partial charge in [0.2, 0.25) is 5.91 Å². The summed E-state index contributed by atoms with van der Waals surface area (Å²) in [5.41, 5.74) is 2.58. The van der Waals surface area contributed by atoms with Crippen LogP contribution in [0.3, 0.4) is 0 Å². The topological polar surface area (TPSA) is 59.8 Å². The Morgan fingerprint density at radius 1 is 1.19 bits per heavy atom. The van der Waals surface area contributed by atoms with Gasteiger partial charge in [0.05, 0.1) is 5.52 Å². The van der Waals surface area contributed by atoms with Crippen molar-refractivity contribution in [3.8, 4) is 0 Å². The molecular weight excluding hydrogens is 288 g/mol. The summed E-state index contributed by atoms with van der Waals surface area (Å²) >= 11 is 5.91. The van der Waals surface area contributed by atoms with Crippen LogP contribution in [0.4, 0.5) is 0 Å². The van der Waals surface area contributed by atoms with Gasteiger partial charge in [0.25, 0.3) is 0 Å². The number of halogens is 1. The minimum absolute atomic E-state index is 0.120. The summed E-state index contributed by atoms with van der Waals surface area (Å²) in [6, 6.07) is 14.9. The SMILES string of the molecule is O=C(Cn1nnc2ccccc21)NCc1cccc(Cl)c1. The van der Waals surface area contributed by atoms with E-state index in [1.165, 1.54) is 0 Å². The van der Waals surface area contributed by atoms with E-state index in [1.807, 2.05) is 42.5 Å². The zero-order valence-corrected chi connectivity index (χ0v) is 11.9. The Kier molecular flexibility index (Phi) is 3.83. The van der Waals surface area contributed by atoms with E-state index in [-0.39, 0.29) is 12.5 Å². The third kappa shape index (κ3) is 3.20. The molecule has 1 heterocycles. The molecule has 0 unspecified atom stereocenters. The maximum absolute atomic E-state index is 12.0. The molecule has 0 fully saturated rings. The number of benzene rings is 2. The van der Waals surface area contributed by atoms with Gasteiger partial charge in [0.1, 0.15) is 12.1 Å². The summed E-state index contributed by atoms with van der Waals surface area (Å²) in [7, 11) is 0. The van der Waals surface area contributed by atoms with Gasteiger partial charge in [-0.25, -0.2) is 4.68 Å². The van der Waals surface area contributed by atoms with Crippen molar-refractivity contribution in [3.05, 3.63) is 59.1 Å². The lowest BCUT2D eigenvalue weighted by Crippen LogP contribution is -2.27. The van der Waals surface area contributed by atoms with Gasteiger partial charge in [0.15, 0.2) is 0 Å². The van der Waals surface area contributed by atoms with Crippen LogP contribution in [0, 0.1) is 0 Å². The third-order valence-corrected chi connectivity index (χ3v) is 3.33. The first kappa shape index (κ1) is 13.6. The fourth-order valence-electron chi connectivity index (χ4n) is 2.07. The van der Waals surface area contributed by atoms with Crippen LogP contribution >= 0.6 is 11.6 Å². The minimum atomic E-state index is -0.120. The van der Waals surface area contributed by atoms with Gasteiger partial charge in [-0.05, 0) is 29.8 Å². The van der Waals surface area contributed by atoms with E-state index in [9.17, 15) is 4.79 Å². The summed E-state index contributed by atoms with van der Waals surface area (Å²) in [6.07, 6.45) is 0. The Labute approximate surface area is 126 Å². The summed E-state index contributed by atoms with van der Waals surface area (Å²) in [5, 5.41) is 11.5. The quantitative estimate of drug-likeness (QED) is 0.805. The smallest absolute Gasteiger partial charge is 0.242 e. The molecule has 0 saturated heterocycles. The number of amides is 1. The number of para-hydroxylation sites is 1. The summed E-state index contributed by atoms with van der Waals surface area (Å²) in [4.78, 5) is 12.0. The molecule has 0 aliphatic carbocycles. The fourth-order valence-corrected chi connectivity index (χ4v) is 2.29. The Bertz CT molecular complexity index is 784. The molecule has 3 rings (SSSR count). The predicted molar refractivity (Wildman–Crippen MR) is 80.8 cm³/mol. The number of rotatable bonds is 4. The van der Waals surface area contributed by atoms with Crippen LogP contribution in [0.25, 0.3) is 11.0 Å². The van der Waals surface area contributed by atoms with Gasteiger partial charge in [-0.1, -0.05) is 41.1 Å². The zero-order chi connectivity index (χ0) is 14.7. The van der Waals surface area contributed by atoms with Crippen LogP contribution in [0.15, 0.2) is 48.5 Å². The van der Waals surface area contributed by atoms with Crippen LogP contribution in [-0.2, 0) is 17.9 Å². The molecule has 0 aliphatic heterocycles. The van der Waals surface area contributed by atoms with Crippen molar-refractivity contribution < 1.29 is 4.79 Å². The van der Waals surface area contributed by atoms with E-state index >= 15 is 0 Å². The van der Waals surface area contributed by atoms with Crippen molar-refractivity contribution in [2.24, 2.45) is 0 Å². The van der Waals surface area contributed by atoms with Gasteiger partial charge >= 0.3 is 0 Å². The number of aromatic nitrogens is 3. The first-order valence-corrected chi connectivity index (χ1v) is 6.89. The normalized spacial score (nSPS) is 10.7. The highest BCUT2D eigenvalue weighted by molar-refractivity contribution is 6.30. The molecule has 2 aromatic carbocycles. The second kappa shape index (κ2) is 5.93. The van der Waals surface area contributed by atoms with Gasteiger partial charge in [-0.15, -0.1) is 5.10 Å². The number of nitrogens with zero attached hydrogens (tertiary/aromatic N) is 3. The lowest BCUT2D eigenvalue weighted by Gasteiger charge is -2.06. The van der Waals surface area contributed by atoms with Crippen LogP contribution in [0.2, 0.25) is 5.02 Å². The summed E-state index contributed by atoms with van der Waals surface area (Å²) < 4.78 is 1.59. The van der Waals surface area contributed by atoms with Crippen LogP contribution < -0.4 is 5.32 Å². The Morgan fingerprint density at radius 2 is 2.05 bits per heavy atom. The standard InChI is InChI=1S/C15H13ClN4O/c16-12-5-3-4-11(8-12)9-17-15(21)10-20-14-7-2-1-6-13(14)18-19-20/h1-8H,9-10H2,(H,17,21). The fraction of sp³-hybridized carbons (Fsp3) is 0.133. The average Bonchev–Trinajstić information content (AvgIpc) is 2.89. The average molecular weight is 301 g/mol.